The van der Waals surface area contributed by atoms with Gasteiger partial charge in [-0.1, -0.05) is 30.3 Å². The van der Waals surface area contributed by atoms with Crippen LogP contribution in [0.2, 0.25) is 0 Å². The van der Waals surface area contributed by atoms with Crippen molar-refractivity contribution in [3.05, 3.63) is 63.2 Å². The fraction of sp³-hybridized carbons (Fsp3) is 0.250. The molecule has 1 aliphatic rings. The number of rotatable bonds is 2. The Bertz CT molecular complexity index is 865. The summed E-state index contributed by atoms with van der Waals surface area (Å²) in [5.41, 5.74) is 6.04. The summed E-state index contributed by atoms with van der Waals surface area (Å²) in [6.07, 6.45) is 3.49. The molecule has 0 aliphatic carbocycles. The lowest BCUT2D eigenvalue weighted by Gasteiger charge is -2.11. The highest BCUT2D eigenvalue weighted by atomic mass is 127. The van der Waals surface area contributed by atoms with Gasteiger partial charge in [-0.3, -0.25) is 0 Å². The third kappa shape index (κ3) is 2.83. The van der Waals surface area contributed by atoms with Gasteiger partial charge in [-0.25, -0.2) is 4.68 Å². The minimum atomic E-state index is 1.01. The zero-order chi connectivity index (χ0) is 16.5. The van der Waals surface area contributed by atoms with E-state index in [1.54, 1.807) is 0 Å². The molecule has 0 atom stereocenters. The molecule has 1 aromatic heterocycles. The first kappa shape index (κ1) is 15.7. The molecule has 0 saturated heterocycles. The van der Waals surface area contributed by atoms with Gasteiger partial charge in [-0.15, -0.1) is 0 Å². The van der Waals surface area contributed by atoms with Crippen LogP contribution in [-0.4, -0.2) is 16.3 Å². The van der Waals surface area contributed by atoms with Crippen molar-refractivity contribution in [2.75, 3.05) is 11.9 Å². The summed E-state index contributed by atoms with van der Waals surface area (Å²) in [6.45, 7) is 3.15. The summed E-state index contributed by atoms with van der Waals surface area (Å²) in [5.74, 6) is 1.16. The van der Waals surface area contributed by atoms with Crippen LogP contribution in [0.3, 0.4) is 0 Å². The molecule has 0 fully saturated rings. The monoisotopic (exact) mass is 429 g/mol. The summed E-state index contributed by atoms with van der Waals surface area (Å²) in [4.78, 5) is 0. The van der Waals surface area contributed by atoms with E-state index in [0.717, 1.165) is 30.2 Å². The van der Waals surface area contributed by atoms with Crippen LogP contribution in [0.15, 0.2) is 48.5 Å². The van der Waals surface area contributed by atoms with E-state index in [4.69, 9.17) is 5.10 Å². The molecule has 0 amide bonds. The molecule has 24 heavy (non-hydrogen) atoms. The number of aryl methyl sites for hydroxylation is 1. The Morgan fingerprint density at radius 3 is 2.62 bits per heavy atom. The summed E-state index contributed by atoms with van der Waals surface area (Å²) in [7, 11) is 0. The number of aromatic nitrogens is 2. The lowest BCUT2D eigenvalue weighted by Crippen LogP contribution is -2.08. The largest absolute Gasteiger partial charge is 0.370 e. The first-order chi connectivity index (χ1) is 11.7. The number of para-hydroxylation sites is 1. The van der Waals surface area contributed by atoms with E-state index in [1.165, 1.54) is 33.1 Å². The Morgan fingerprint density at radius 2 is 1.83 bits per heavy atom. The van der Waals surface area contributed by atoms with Crippen molar-refractivity contribution in [2.45, 2.75) is 26.2 Å². The standard InChI is InChI=1S/C20H20IN3/c1-14-6-2-3-8-18(14)24-20-17(7-4-5-13-22-20)19(23-24)15-9-11-16(21)12-10-15/h2-3,6,8-12,22H,4-5,7,13H2,1H3. The van der Waals surface area contributed by atoms with E-state index >= 15 is 0 Å². The van der Waals surface area contributed by atoms with Gasteiger partial charge in [0.25, 0.3) is 0 Å². The highest BCUT2D eigenvalue weighted by molar-refractivity contribution is 14.1. The fourth-order valence-electron chi connectivity index (χ4n) is 3.32. The summed E-state index contributed by atoms with van der Waals surface area (Å²) >= 11 is 2.35. The molecule has 1 aliphatic heterocycles. The molecule has 2 heterocycles. The predicted molar refractivity (Wildman–Crippen MR) is 108 cm³/mol. The van der Waals surface area contributed by atoms with Crippen LogP contribution < -0.4 is 5.32 Å². The van der Waals surface area contributed by atoms with Crippen molar-refractivity contribution in [2.24, 2.45) is 0 Å². The molecule has 4 heteroatoms. The third-order valence-electron chi connectivity index (χ3n) is 4.59. The third-order valence-corrected chi connectivity index (χ3v) is 5.31. The molecule has 0 bridgehead atoms. The van der Waals surface area contributed by atoms with Crippen molar-refractivity contribution >= 4 is 28.4 Å². The van der Waals surface area contributed by atoms with E-state index in [9.17, 15) is 0 Å². The average molecular weight is 429 g/mol. The van der Waals surface area contributed by atoms with Gasteiger partial charge in [0.2, 0.25) is 0 Å². The maximum Gasteiger partial charge on any atom is 0.133 e. The Labute approximate surface area is 156 Å². The molecule has 4 rings (SSSR count). The molecule has 2 aromatic carbocycles. The molecule has 1 N–H and O–H groups in total. The molecular formula is C20H20IN3. The number of halogens is 1. The van der Waals surface area contributed by atoms with Crippen molar-refractivity contribution in [3.8, 4) is 16.9 Å². The highest BCUT2D eigenvalue weighted by Gasteiger charge is 2.22. The summed E-state index contributed by atoms with van der Waals surface area (Å²) < 4.78 is 3.35. The second-order valence-electron chi connectivity index (χ2n) is 6.26. The van der Waals surface area contributed by atoms with Gasteiger partial charge in [0.05, 0.1) is 11.4 Å². The maximum absolute atomic E-state index is 5.02. The second-order valence-corrected chi connectivity index (χ2v) is 7.51. The van der Waals surface area contributed by atoms with Crippen LogP contribution in [-0.2, 0) is 6.42 Å². The summed E-state index contributed by atoms with van der Waals surface area (Å²) in [5, 5.41) is 8.64. The first-order valence-corrected chi connectivity index (χ1v) is 9.49. The number of nitrogens with one attached hydrogen (secondary N) is 1. The number of benzene rings is 2. The van der Waals surface area contributed by atoms with Gasteiger partial charge in [0, 0.05) is 21.2 Å². The van der Waals surface area contributed by atoms with Gasteiger partial charge in [-0.2, -0.15) is 5.10 Å². The van der Waals surface area contributed by atoms with Crippen LogP contribution >= 0.6 is 22.6 Å². The fourth-order valence-corrected chi connectivity index (χ4v) is 3.68. The van der Waals surface area contributed by atoms with E-state index in [1.807, 2.05) is 0 Å². The lowest BCUT2D eigenvalue weighted by molar-refractivity contribution is 0.779. The number of anilines is 1. The Balaban J connectivity index is 1.92. The number of hydrogen-bond donors (Lipinski definition) is 1. The van der Waals surface area contributed by atoms with E-state index < -0.39 is 0 Å². The van der Waals surface area contributed by atoms with Crippen LogP contribution in [0.5, 0.6) is 0 Å². The highest BCUT2D eigenvalue weighted by Crippen LogP contribution is 2.34. The van der Waals surface area contributed by atoms with Crippen molar-refractivity contribution in [1.29, 1.82) is 0 Å². The van der Waals surface area contributed by atoms with E-state index in [-0.39, 0.29) is 0 Å². The summed E-state index contributed by atoms with van der Waals surface area (Å²) in [6, 6.07) is 17.1. The maximum atomic E-state index is 5.02. The van der Waals surface area contributed by atoms with E-state index in [0.29, 0.717) is 0 Å². The molecule has 3 nitrogen and oxygen atoms in total. The predicted octanol–water partition coefficient (Wildman–Crippen LogP) is 5.20. The Morgan fingerprint density at radius 1 is 1.04 bits per heavy atom. The topological polar surface area (TPSA) is 29.9 Å². The van der Waals surface area contributed by atoms with Gasteiger partial charge in [0.15, 0.2) is 0 Å². The normalized spacial score (nSPS) is 13.9. The molecule has 0 unspecified atom stereocenters. The van der Waals surface area contributed by atoms with Crippen LogP contribution in [0.1, 0.15) is 24.0 Å². The van der Waals surface area contributed by atoms with Crippen LogP contribution in [0, 0.1) is 10.5 Å². The Kier molecular flexibility index (Phi) is 4.31. The number of nitrogens with zero attached hydrogens (tertiary/aromatic N) is 2. The number of hydrogen-bond acceptors (Lipinski definition) is 2. The smallest absolute Gasteiger partial charge is 0.133 e. The van der Waals surface area contributed by atoms with Gasteiger partial charge >= 0.3 is 0 Å². The van der Waals surface area contributed by atoms with Gasteiger partial charge < -0.3 is 5.32 Å². The molecule has 0 radical (unpaired) electrons. The van der Waals surface area contributed by atoms with Crippen molar-refractivity contribution in [1.82, 2.24) is 9.78 Å². The van der Waals surface area contributed by atoms with Gasteiger partial charge in [-0.05, 0) is 72.5 Å². The van der Waals surface area contributed by atoms with E-state index in [2.05, 4.69) is 88.0 Å². The zero-order valence-corrected chi connectivity index (χ0v) is 15.9. The quantitative estimate of drug-likeness (QED) is 0.568. The van der Waals surface area contributed by atoms with Crippen LogP contribution in [0.4, 0.5) is 5.82 Å². The lowest BCUT2D eigenvalue weighted by atomic mass is 10.0. The first-order valence-electron chi connectivity index (χ1n) is 8.42. The second kappa shape index (κ2) is 6.59. The number of fused-ring (bicyclic) bond motifs is 1. The molecule has 0 saturated carbocycles. The molecule has 3 aromatic rings. The minimum absolute atomic E-state index is 1.01. The Hall–Kier alpha value is -1.82. The average Bonchev–Trinajstić information content (AvgIpc) is 2.78. The molecule has 122 valence electrons. The minimum Gasteiger partial charge on any atom is -0.370 e. The molecular weight excluding hydrogens is 409 g/mol. The van der Waals surface area contributed by atoms with Crippen molar-refractivity contribution in [3.63, 3.8) is 0 Å². The van der Waals surface area contributed by atoms with Crippen molar-refractivity contribution < 1.29 is 0 Å². The SMILES string of the molecule is Cc1ccccc1-n1nc(-c2ccc(I)cc2)c2c1NCCCC2. The molecule has 0 spiro atoms. The van der Waals surface area contributed by atoms with Gasteiger partial charge in [0.1, 0.15) is 5.82 Å². The zero-order valence-electron chi connectivity index (χ0n) is 13.7. The van der Waals surface area contributed by atoms with Crippen LogP contribution in [0.25, 0.3) is 16.9 Å².